The molecule has 0 aliphatic heterocycles. The van der Waals surface area contributed by atoms with Gasteiger partial charge in [-0.15, -0.1) is 0 Å². The molecule has 0 N–H and O–H groups in total. The first-order valence-electron chi connectivity index (χ1n) is 4.23. The lowest BCUT2D eigenvalue weighted by Gasteiger charge is -2.06. The molecule has 0 atom stereocenters. The first-order valence-corrected chi connectivity index (χ1v) is 4.23. The van der Waals surface area contributed by atoms with Crippen molar-refractivity contribution in [2.75, 3.05) is 6.61 Å². The van der Waals surface area contributed by atoms with Crippen LogP contribution in [0.4, 0.5) is 8.78 Å². The second kappa shape index (κ2) is 4.69. The van der Waals surface area contributed by atoms with Crippen LogP contribution in [0, 0.1) is 11.6 Å². The van der Waals surface area contributed by atoms with Crippen molar-refractivity contribution in [1.29, 1.82) is 0 Å². The van der Waals surface area contributed by atoms with E-state index in [0.717, 1.165) is 12.1 Å². The van der Waals surface area contributed by atoms with Crippen LogP contribution >= 0.6 is 0 Å². The predicted molar refractivity (Wildman–Crippen MR) is 47.2 cm³/mol. The largest absolute Gasteiger partial charge is 0.480 e. The highest BCUT2D eigenvalue weighted by Crippen LogP contribution is 2.20. The third-order valence-corrected chi connectivity index (χ3v) is 1.69. The summed E-state index contributed by atoms with van der Waals surface area (Å²) >= 11 is 0. The fourth-order valence-corrected chi connectivity index (χ4v) is 0.875. The summed E-state index contributed by atoms with van der Waals surface area (Å²) in [6.45, 7) is 1.36. The Morgan fingerprint density at radius 2 is 1.93 bits per heavy atom. The number of hydrogen-bond acceptors (Lipinski definition) is 2. The Kier molecular flexibility index (Phi) is 3.56. The second-order valence-corrected chi connectivity index (χ2v) is 2.73. The van der Waals surface area contributed by atoms with Gasteiger partial charge in [0, 0.05) is 6.42 Å². The standard InChI is InChI=1S/C10H10F2O2/c1-2-7(13)6-14-10-8(11)4-3-5-9(10)12/h3-5H,2,6H2,1H3. The second-order valence-electron chi connectivity index (χ2n) is 2.73. The molecule has 0 unspecified atom stereocenters. The summed E-state index contributed by atoms with van der Waals surface area (Å²) in [6, 6.07) is 3.39. The lowest BCUT2D eigenvalue weighted by molar-refractivity contribution is -0.120. The Bertz CT molecular complexity index is 317. The van der Waals surface area contributed by atoms with E-state index in [4.69, 9.17) is 4.74 Å². The molecule has 0 aromatic heterocycles. The number of hydrogen-bond donors (Lipinski definition) is 0. The zero-order valence-electron chi connectivity index (χ0n) is 7.72. The number of carbonyl (C=O) groups excluding carboxylic acids is 1. The van der Waals surface area contributed by atoms with E-state index in [1.165, 1.54) is 6.07 Å². The summed E-state index contributed by atoms with van der Waals surface area (Å²) in [5, 5.41) is 0. The van der Waals surface area contributed by atoms with Gasteiger partial charge in [-0.1, -0.05) is 13.0 Å². The molecule has 0 saturated heterocycles. The average Bonchev–Trinajstić information content (AvgIpc) is 2.16. The van der Waals surface area contributed by atoms with Gasteiger partial charge >= 0.3 is 0 Å². The molecule has 0 saturated carbocycles. The van der Waals surface area contributed by atoms with Crippen molar-refractivity contribution in [2.24, 2.45) is 0 Å². The van der Waals surface area contributed by atoms with E-state index in [2.05, 4.69) is 0 Å². The molecule has 0 spiro atoms. The van der Waals surface area contributed by atoms with E-state index in [1.807, 2.05) is 0 Å². The molecule has 0 aliphatic carbocycles. The molecule has 0 radical (unpaired) electrons. The van der Waals surface area contributed by atoms with Crippen molar-refractivity contribution in [2.45, 2.75) is 13.3 Å². The van der Waals surface area contributed by atoms with Crippen LogP contribution in [0.5, 0.6) is 5.75 Å². The summed E-state index contributed by atoms with van der Waals surface area (Å²) in [5.41, 5.74) is 0. The first kappa shape index (κ1) is 10.6. The fourth-order valence-electron chi connectivity index (χ4n) is 0.875. The van der Waals surface area contributed by atoms with E-state index >= 15 is 0 Å². The van der Waals surface area contributed by atoms with E-state index in [1.54, 1.807) is 6.92 Å². The number of benzene rings is 1. The lowest BCUT2D eigenvalue weighted by atomic mass is 10.3. The van der Waals surface area contributed by atoms with Gasteiger partial charge in [-0.25, -0.2) is 8.78 Å². The smallest absolute Gasteiger partial charge is 0.191 e. The van der Waals surface area contributed by atoms with Gasteiger partial charge < -0.3 is 4.74 Å². The van der Waals surface area contributed by atoms with Gasteiger partial charge in [0.1, 0.15) is 6.61 Å². The minimum absolute atomic E-state index is 0.201. The Morgan fingerprint density at radius 1 is 1.36 bits per heavy atom. The minimum atomic E-state index is -0.797. The molecular formula is C10H10F2O2. The zero-order chi connectivity index (χ0) is 10.6. The van der Waals surface area contributed by atoms with Crippen LogP contribution in [0.15, 0.2) is 18.2 Å². The molecule has 0 bridgehead atoms. The quantitative estimate of drug-likeness (QED) is 0.745. The monoisotopic (exact) mass is 200 g/mol. The predicted octanol–water partition coefficient (Wildman–Crippen LogP) is 2.32. The lowest BCUT2D eigenvalue weighted by Crippen LogP contribution is -2.11. The van der Waals surface area contributed by atoms with Crippen LogP contribution in [0.2, 0.25) is 0 Å². The van der Waals surface area contributed by atoms with Gasteiger partial charge in [-0.2, -0.15) is 0 Å². The third-order valence-electron chi connectivity index (χ3n) is 1.69. The molecule has 0 aliphatic rings. The summed E-state index contributed by atoms with van der Waals surface area (Å²) in [6.07, 6.45) is 0.288. The van der Waals surface area contributed by atoms with Gasteiger partial charge in [0.2, 0.25) is 0 Å². The van der Waals surface area contributed by atoms with E-state index in [-0.39, 0.29) is 18.8 Å². The molecule has 14 heavy (non-hydrogen) atoms. The third kappa shape index (κ3) is 2.52. The van der Waals surface area contributed by atoms with Crippen molar-refractivity contribution >= 4 is 5.78 Å². The molecule has 1 aromatic rings. The maximum atomic E-state index is 12.9. The van der Waals surface area contributed by atoms with Crippen LogP contribution in [-0.4, -0.2) is 12.4 Å². The van der Waals surface area contributed by atoms with Crippen molar-refractivity contribution in [1.82, 2.24) is 0 Å². The molecule has 1 rings (SSSR count). The number of halogens is 2. The highest BCUT2D eigenvalue weighted by Gasteiger charge is 2.10. The summed E-state index contributed by atoms with van der Waals surface area (Å²) in [4.78, 5) is 10.8. The van der Waals surface area contributed by atoms with Crippen LogP contribution in [0.3, 0.4) is 0 Å². The van der Waals surface area contributed by atoms with Crippen molar-refractivity contribution in [3.05, 3.63) is 29.8 Å². The van der Waals surface area contributed by atoms with E-state index in [0.29, 0.717) is 0 Å². The summed E-state index contributed by atoms with van der Waals surface area (Å²) in [7, 11) is 0. The SMILES string of the molecule is CCC(=O)COc1c(F)cccc1F. The maximum absolute atomic E-state index is 12.9. The number of ketones is 1. The van der Waals surface area contributed by atoms with Crippen molar-refractivity contribution in [3.8, 4) is 5.75 Å². The maximum Gasteiger partial charge on any atom is 0.191 e. The molecule has 76 valence electrons. The molecule has 1 aromatic carbocycles. The Labute approximate surface area is 80.5 Å². The highest BCUT2D eigenvalue weighted by atomic mass is 19.1. The Morgan fingerprint density at radius 3 is 2.43 bits per heavy atom. The van der Waals surface area contributed by atoms with Crippen LogP contribution in [0.25, 0.3) is 0 Å². The van der Waals surface area contributed by atoms with Crippen molar-refractivity contribution < 1.29 is 18.3 Å². The number of rotatable bonds is 4. The van der Waals surface area contributed by atoms with Crippen LogP contribution < -0.4 is 4.74 Å². The van der Waals surface area contributed by atoms with Gasteiger partial charge in [0.25, 0.3) is 0 Å². The summed E-state index contributed by atoms with van der Waals surface area (Å²) < 4.78 is 30.6. The van der Waals surface area contributed by atoms with Crippen molar-refractivity contribution in [3.63, 3.8) is 0 Å². The van der Waals surface area contributed by atoms with Gasteiger partial charge in [-0.05, 0) is 12.1 Å². The molecule has 0 heterocycles. The number of ether oxygens (including phenoxy) is 1. The first-order chi connectivity index (χ1) is 6.65. The zero-order valence-corrected chi connectivity index (χ0v) is 7.72. The van der Waals surface area contributed by atoms with Crippen LogP contribution in [-0.2, 0) is 4.79 Å². The molecule has 2 nitrogen and oxygen atoms in total. The van der Waals surface area contributed by atoms with E-state index in [9.17, 15) is 13.6 Å². The molecule has 4 heteroatoms. The van der Waals surface area contributed by atoms with Gasteiger partial charge in [-0.3, -0.25) is 4.79 Å². The molecule has 0 amide bonds. The van der Waals surface area contributed by atoms with Gasteiger partial charge in [0.15, 0.2) is 23.2 Å². The molecule has 0 fully saturated rings. The van der Waals surface area contributed by atoms with E-state index < -0.39 is 17.4 Å². The fraction of sp³-hybridized carbons (Fsp3) is 0.300. The molecular weight excluding hydrogens is 190 g/mol. The number of Topliss-reactive ketones (excluding diaryl/α,β-unsaturated/α-hetero) is 1. The topological polar surface area (TPSA) is 26.3 Å². The highest BCUT2D eigenvalue weighted by molar-refractivity contribution is 5.79. The number of carbonyl (C=O) groups is 1. The minimum Gasteiger partial charge on any atom is -0.480 e. The Hall–Kier alpha value is -1.45. The normalized spacial score (nSPS) is 9.93. The van der Waals surface area contributed by atoms with Crippen LogP contribution in [0.1, 0.15) is 13.3 Å². The number of para-hydroxylation sites is 1. The summed E-state index contributed by atoms with van der Waals surface area (Å²) in [5.74, 6) is -2.29. The Balaban J connectivity index is 2.71. The average molecular weight is 200 g/mol. The van der Waals surface area contributed by atoms with Gasteiger partial charge in [0.05, 0.1) is 0 Å².